The van der Waals surface area contributed by atoms with Gasteiger partial charge in [0.1, 0.15) is 11.4 Å². The Kier molecular flexibility index (Phi) is 6.00. The Labute approximate surface area is 143 Å². The first-order valence-electron chi connectivity index (χ1n) is 8.22. The van der Waals surface area contributed by atoms with Crippen LogP contribution in [0.3, 0.4) is 0 Å². The van der Waals surface area contributed by atoms with Crippen molar-refractivity contribution in [3.63, 3.8) is 0 Å². The topological polar surface area (TPSA) is 84.7 Å². The zero-order valence-electron chi connectivity index (χ0n) is 14.8. The van der Waals surface area contributed by atoms with Gasteiger partial charge in [0.2, 0.25) is 15.9 Å². The van der Waals surface area contributed by atoms with Crippen LogP contribution < -0.4 is 0 Å². The van der Waals surface area contributed by atoms with E-state index >= 15 is 0 Å². The fourth-order valence-corrected chi connectivity index (χ4v) is 4.71. The molecule has 1 fully saturated rings. The highest BCUT2D eigenvalue weighted by Crippen LogP contribution is 2.24. The van der Waals surface area contributed by atoms with Gasteiger partial charge in [-0.2, -0.15) is 9.40 Å². The third-order valence-electron chi connectivity index (χ3n) is 4.28. The molecule has 8 nitrogen and oxygen atoms in total. The number of aryl methyl sites for hydroxylation is 1. The van der Waals surface area contributed by atoms with Gasteiger partial charge in [-0.25, -0.2) is 8.42 Å². The summed E-state index contributed by atoms with van der Waals surface area (Å²) in [6.45, 7) is 9.94. The molecule has 2 rings (SSSR count). The second kappa shape index (κ2) is 7.62. The van der Waals surface area contributed by atoms with E-state index in [1.54, 1.807) is 18.7 Å². The minimum atomic E-state index is -3.62. The molecule has 1 aromatic heterocycles. The summed E-state index contributed by atoms with van der Waals surface area (Å²) in [4.78, 5) is 14.2. The first-order chi connectivity index (χ1) is 11.3. The second-order valence-electron chi connectivity index (χ2n) is 5.74. The summed E-state index contributed by atoms with van der Waals surface area (Å²) in [5, 5.41) is 4.29. The number of hydrogen-bond acceptors (Lipinski definition) is 5. The fraction of sp³-hybridized carbons (Fsp3) is 0.733. The molecule has 0 spiro atoms. The maximum absolute atomic E-state index is 12.9. The normalized spacial score (nSPS) is 16.3. The summed E-state index contributed by atoms with van der Waals surface area (Å²) in [5.74, 6) is -0.0686. The molecule has 1 amide bonds. The molecule has 24 heavy (non-hydrogen) atoms. The number of aromatic nitrogens is 2. The minimum Gasteiger partial charge on any atom is -0.379 e. The maximum Gasteiger partial charge on any atom is 0.246 e. The lowest BCUT2D eigenvalue weighted by molar-refractivity contribution is -0.131. The maximum atomic E-state index is 12.9. The highest BCUT2D eigenvalue weighted by molar-refractivity contribution is 7.89. The van der Waals surface area contributed by atoms with E-state index in [-0.39, 0.29) is 17.3 Å². The van der Waals surface area contributed by atoms with E-state index < -0.39 is 10.0 Å². The summed E-state index contributed by atoms with van der Waals surface area (Å²) in [6, 6.07) is 0. The Balaban J connectivity index is 2.30. The minimum absolute atomic E-state index is 0.0486. The summed E-state index contributed by atoms with van der Waals surface area (Å²) in [6.07, 6.45) is 0. The first-order valence-corrected chi connectivity index (χ1v) is 9.66. The van der Waals surface area contributed by atoms with Gasteiger partial charge in [0, 0.05) is 26.2 Å². The molecule has 9 heteroatoms. The van der Waals surface area contributed by atoms with Gasteiger partial charge >= 0.3 is 0 Å². The van der Waals surface area contributed by atoms with Gasteiger partial charge in [0.15, 0.2) is 0 Å². The first kappa shape index (κ1) is 18.9. The molecule has 0 bridgehead atoms. The lowest BCUT2D eigenvalue weighted by Gasteiger charge is -2.26. The third kappa shape index (κ3) is 3.62. The molecular formula is C15H26N4O4S. The van der Waals surface area contributed by atoms with Crippen molar-refractivity contribution in [2.45, 2.75) is 39.1 Å². The molecule has 0 N–H and O–H groups in total. The van der Waals surface area contributed by atoms with Gasteiger partial charge < -0.3 is 9.64 Å². The molecule has 1 aliphatic rings. The SMILES string of the molecule is CCN(CC)C(=O)Cn1nc(C)c(S(=O)(=O)N2CCOCC2)c1C. The summed E-state index contributed by atoms with van der Waals surface area (Å²) >= 11 is 0. The summed E-state index contributed by atoms with van der Waals surface area (Å²) in [5.41, 5.74) is 0.922. The molecule has 1 aromatic rings. The van der Waals surface area contributed by atoms with E-state index in [4.69, 9.17) is 4.74 Å². The van der Waals surface area contributed by atoms with Crippen LogP contribution in [0.25, 0.3) is 0 Å². The lowest BCUT2D eigenvalue weighted by Crippen LogP contribution is -2.41. The number of nitrogens with zero attached hydrogens (tertiary/aromatic N) is 4. The Hall–Kier alpha value is -1.45. The Morgan fingerprint density at radius 3 is 2.33 bits per heavy atom. The fourth-order valence-electron chi connectivity index (χ4n) is 2.93. The van der Waals surface area contributed by atoms with Crippen LogP contribution in [0.5, 0.6) is 0 Å². The largest absolute Gasteiger partial charge is 0.379 e. The number of likely N-dealkylation sites (N-methyl/N-ethyl adjacent to an activating group) is 1. The van der Waals surface area contributed by atoms with Crippen LogP contribution in [-0.2, 0) is 26.1 Å². The van der Waals surface area contributed by atoms with Crippen molar-refractivity contribution >= 4 is 15.9 Å². The van der Waals surface area contributed by atoms with Crippen molar-refractivity contribution in [1.29, 1.82) is 0 Å². The predicted molar refractivity (Wildman–Crippen MR) is 89.2 cm³/mol. The predicted octanol–water partition coefficient (Wildman–Crippen LogP) is 0.389. The van der Waals surface area contributed by atoms with Gasteiger partial charge in [0.05, 0.1) is 24.6 Å². The molecule has 1 saturated heterocycles. The number of carbonyl (C=O) groups is 1. The van der Waals surface area contributed by atoms with Crippen LogP contribution in [0, 0.1) is 13.8 Å². The molecular weight excluding hydrogens is 332 g/mol. The quantitative estimate of drug-likeness (QED) is 0.734. The van der Waals surface area contributed by atoms with Crippen molar-refractivity contribution in [1.82, 2.24) is 19.0 Å². The standard InChI is InChI=1S/C15H26N4O4S/c1-5-17(6-2)14(20)11-19-13(4)15(12(3)16-19)24(21,22)18-7-9-23-10-8-18/h5-11H2,1-4H3. The van der Waals surface area contributed by atoms with Crippen molar-refractivity contribution < 1.29 is 17.9 Å². The number of morpholine rings is 1. The molecule has 0 aromatic carbocycles. The van der Waals surface area contributed by atoms with Crippen LogP contribution in [0.4, 0.5) is 0 Å². The Morgan fingerprint density at radius 1 is 1.21 bits per heavy atom. The molecule has 1 aliphatic heterocycles. The van der Waals surface area contributed by atoms with E-state index in [2.05, 4.69) is 5.10 Å². The van der Waals surface area contributed by atoms with Crippen LogP contribution in [0.2, 0.25) is 0 Å². The number of hydrogen-bond donors (Lipinski definition) is 0. The molecule has 0 unspecified atom stereocenters. The van der Waals surface area contributed by atoms with Gasteiger partial charge in [-0.05, 0) is 27.7 Å². The van der Waals surface area contributed by atoms with E-state index in [0.29, 0.717) is 50.8 Å². The number of amides is 1. The van der Waals surface area contributed by atoms with Gasteiger partial charge in [-0.3, -0.25) is 9.48 Å². The number of carbonyl (C=O) groups excluding carboxylic acids is 1. The average molecular weight is 358 g/mol. The zero-order valence-corrected chi connectivity index (χ0v) is 15.6. The Morgan fingerprint density at radius 2 is 1.79 bits per heavy atom. The monoisotopic (exact) mass is 358 g/mol. The zero-order chi connectivity index (χ0) is 17.9. The van der Waals surface area contributed by atoms with Crippen LogP contribution in [0.1, 0.15) is 25.2 Å². The molecule has 0 saturated carbocycles. The van der Waals surface area contributed by atoms with E-state index in [1.165, 1.54) is 8.99 Å². The summed E-state index contributed by atoms with van der Waals surface area (Å²) in [7, 11) is -3.62. The molecule has 0 atom stereocenters. The third-order valence-corrected chi connectivity index (χ3v) is 6.44. The smallest absolute Gasteiger partial charge is 0.246 e. The van der Waals surface area contributed by atoms with Gasteiger partial charge in [0.25, 0.3) is 0 Å². The second-order valence-corrected chi connectivity index (χ2v) is 7.61. The van der Waals surface area contributed by atoms with E-state index in [1.807, 2.05) is 13.8 Å². The van der Waals surface area contributed by atoms with Crippen molar-refractivity contribution in [2.24, 2.45) is 0 Å². The molecule has 0 radical (unpaired) electrons. The highest BCUT2D eigenvalue weighted by Gasteiger charge is 2.32. The van der Waals surface area contributed by atoms with Gasteiger partial charge in [-0.1, -0.05) is 0 Å². The Bertz CT molecular complexity index is 689. The number of sulfonamides is 1. The molecule has 0 aliphatic carbocycles. The highest BCUT2D eigenvalue weighted by atomic mass is 32.2. The van der Waals surface area contributed by atoms with Gasteiger partial charge in [-0.15, -0.1) is 0 Å². The molecule has 136 valence electrons. The van der Waals surface area contributed by atoms with Crippen molar-refractivity contribution in [2.75, 3.05) is 39.4 Å². The van der Waals surface area contributed by atoms with Crippen LogP contribution in [-0.4, -0.2) is 72.7 Å². The number of rotatable bonds is 6. The van der Waals surface area contributed by atoms with Crippen LogP contribution in [0.15, 0.2) is 4.90 Å². The average Bonchev–Trinajstić information content (AvgIpc) is 2.83. The van der Waals surface area contributed by atoms with E-state index in [0.717, 1.165) is 0 Å². The van der Waals surface area contributed by atoms with Crippen molar-refractivity contribution in [3.05, 3.63) is 11.4 Å². The van der Waals surface area contributed by atoms with Crippen molar-refractivity contribution in [3.8, 4) is 0 Å². The molecule has 2 heterocycles. The van der Waals surface area contributed by atoms with Crippen LogP contribution >= 0.6 is 0 Å². The number of ether oxygens (including phenoxy) is 1. The lowest BCUT2D eigenvalue weighted by atomic mass is 10.4. The summed E-state index contributed by atoms with van der Waals surface area (Å²) < 4.78 is 33.9. The van der Waals surface area contributed by atoms with E-state index in [9.17, 15) is 13.2 Å².